The fourth-order valence-electron chi connectivity index (χ4n) is 1.79. The van der Waals surface area contributed by atoms with Crippen LogP contribution in [-0.2, 0) is 0 Å². The normalized spacial score (nSPS) is 19.4. The summed E-state index contributed by atoms with van der Waals surface area (Å²) >= 11 is 1.90. The van der Waals surface area contributed by atoms with Gasteiger partial charge in [-0.05, 0) is 19.1 Å². The standard InChI is InChI=1S/C11H20N2S/c1-3-7-13-8-4-11(5-9-13)12-6-10-14-2/h1,11-12H,4-10H2,2H3. The van der Waals surface area contributed by atoms with E-state index in [2.05, 4.69) is 22.4 Å². The Hall–Kier alpha value is -0.170. The maximum Gasteiger partial charge on any atom is 0.0598 e. The highest BCUT2D eigenvalue weighted by Gasteiger charge is 2.17. The van der Waals surface area contributed by atoms with Crippen molar-refractivity contribution in [2.24, 2.45) is 0 Å². The van der Waals surface area contributed by atoms with Crippen LogP contribution in [0.5, 0.6) is 0 Å². The third-order valence-electron chi connectivity index (χ3n) is 2.64. The molecular weight excluding hydrogens is 192 g/mol. The van der Waals surface area contributed by atoms with Gasteiger partial charge < -0.3 is 5.32 Å². The van der Waals surface area contributed by atoms with Gasteiger partial charge in [-0.15, -0.1) is 6.42 Å². The Kier molecular flexibility index (Phi) is 6.09. The molecular formula is C11H20N2S. The van der Waals surface area contributed by atoms with E-state index in [1.54, 1.807) is 0 Å². The number of thioether (sulfide) groups is 1. The summed E-state index contributed by atoms with van der Waals surface area (Å²) in [4.78, 5) is 2.35. The average Bonchev–Trinajstić information content (AvgIpc) is 2.21. The largest absolute Gasteiger partial charge is 0.313 e. The summed E-state index contributed by atoms with van der Waals surface area (Å²) in [6.07, 6.45) is 9.92. The second-order valence-electron chi connectivity index (χ2n) is 3.70. The van der Waals surface area contributed by atoms with Gasteiger partial charge in [-0.25, -0.2) is 0 Å². The minimum absolute atomic E-state index is 0.719. The third kappa shape index (κ3) is 4.36. The Morgan fingerprint density at radius 2 is 2.21 bits per heavy atom. The molecule has 3 heteroatoms. The predicted molar refractivity (Wildman–Crippen MR) is 64.7 cm³/mol. The van der Waals surface area contributed by atoms with Gasteiger partial charge in [0, 0.05) is 31.4 Å². The number of nitrogens with one attached hydrogen (secondary N) is 1. The van der Waals surface area contributed by atoms with E-state index in [1.165, 1.54) is 18.6 Å². The topological polar surface area (TPSA) is 15.3 Å². The first-order valence-corrected chi connectivity index (χ1v) is 6.64. The van der Waals surface area contributed by atoms with Crippen molar-refractivity contribution in [1.82, 2.24) is 10.2 Å². The maximum atomic E-state index is 5.28. The lowest BCUT2D eigenvalue weighted by atomic mass is 10.1. The maximum absolute atomic E-state index is 5.28. The van der Waals surface area contributed by atoms with E-state index in [1.807, 2.05) is 11.8 Å². The van der Waals surface area contributed by atoms with E-state index >= 15 is 0 Å². The van der Waals surface area contributed by atoms with Crippen molar-refractivity contribution in [3.8, 4) is 12.3 Å². The molecule has 0 aliphatic carbocycles. The summed E-state index contributed by atoms with van der Waals surface area (Å²) in [5.74, 6) is 3.92. The Morgan fingerprint density at radius 3 is 2.79 bits per heavy atom. The van der Waals surface area contributed by atoms with Gasteiger partial charge in [0.2, 0.25) is 0 Å². The Morgan fingerprint density at radius 1 is 1.50 bits per heavy atom. The van der Waals surface area contributed by atoms with Gasteiger partial charge in [0.25, 0.3) is 0 Å². The lowest BCUT2D eigenvalue weighted by Crippen LogP contribution is -2.43. The van der Waals surface area contributed by atoms with Crippen molar-refractivity contribution in [3.63, 3.8) is 0 Å². The monoisotopic (exact) mass is 212 g/mol. The van der Waals surface area contributed by atoms with Crippen LogP contribution >= 0.6 is 11.8 Å². The van der Waals surface area contributed by atoms with E-state index in [0.717, 1.165) is 32.2 Å². The zero-order valence-electron chi connectivity index (χ0n) is 8.96. The van der Waals surface area contributed by atoms with Gasteiger partial charge in [-0.2, -0.15) is 11.8 Å². The molecule has 1 fully saturated rings. The van der Waals surface area contributed by atoms with E-state index in [4.69, 9.17) is 6.42 Å². The zero-order valence-corrected chi connectivity index (χ0v) is 9.78. The van der Waals surface area contributed by atoms with Crippen molar-refractivity contribution in [1.29, 1.82) is 0 Å². The lowest BCUT2D eigenvalue weighted by Gasteiger charge is -2.31. The first kappa shape index (κ1) is 11.9. The molecule has 0 atom stereocenters. The summed E-state index contributed by atoms with van der Waals surface area (Å²) in [6, 6.07) is 0.719. The molecule has 2 nitrogen and oxygen atoms in total. The highest BCUT2D eigenvalue weighted by atomic mass is 32.2. The number of hydrogen-bond acceptors (Lipinski definition) is 3. The summed E-state index contributed by atoms with van der Waals surface area (Å²) in [7, 11) is 0. The van der Waals surface area contributed by atoms with Crippen LogP contribution in [0.1, 0.15) is 12.8 Å². The minimum atomic E-state index is 0.719. The van der Waals surface area contributed by atoms with E-state index in [9.17, 15) is 0 Å². The van der Waals surface area contributed by atoms with Gasteiger partial charge in [-0.3, -0.25) is 4.90 Å². The number of hydrogen-bond donors (Lipinski definition) is 1. The molecule has 1 aliphatic rings. The molecule has 1 heterocycles. The summed E-state index contributed by atoms with van der Waals surface area (Å²) in [5, 5.41) is 3.59. The van der Waals surface area contributed by atoms with Gasteiger partial charge in [-0.1, -0.05) is 5.92 Å². The highest BCUT2D eigenvalue weighted by Crippen LogP contribution is 2.09. The van der Waals surface area contributed by atoms with Crippen LogP contribution in [-0.4, -0.2) is 49.1 Å². The van der Waals surface area contributed by atoms with Crippen molar-refractivity contribution in [2.45, 2.75) is 18.9 Å². The van der Waals surface area contributed by atoms with Crippen molar-refractivity contribution in [3.05, 3.63) is 0 Å². The molecule has 0 aromatic rings. The van der Waals surface area contributed by atoms with Crippen LogP contribution in [0.2, 0.25) is 0 Å². The first-order valence-electron chi connectivity index (χ1n) is 5.25. The Balaban J connectivity index is 2.07. The molecule has 0 aromatic heterocycles. The van der Waals surface area contributed by atoms with Gasteiger partial charge >= 0.3 is 0 Å². The molecule has 1 N–H and O–H groups in total. The van der Waals surface area contributed by atoms with Crippen molar-refractivity contribution >= 4 is 11.8 Å². The van der Waals surface area contributed by atoms with Crippen molar-refractivity contribution in [2.75, 3.05) is 38.2 Å². The molecule has 1 saturated heterocycles. The molecule has 1 rings (SSSR count). The molecule has 0 aromatic carbocycles. The lowest BCUT2D eigenvalue weighted by molar-refractivity contribution is 0.220. The fourth-order valence-corrected chi connectivity index (χ4v) is 2.11. The quantitative estimate of drug-likeness (QED) is 0.541. The molecule has 14 heavy (non-hydrogen) atoms. The molecule has 0 unspecified atom stereocenters. The second-order valence-corrected chi connectivity index (χ2v) is 4.69. The van der Waals surface area contributed by atoms with E-state index in [0.29, 0.717) is 0 Å². The molecule has 0 saturated carbocycles. The summed E-state index contributed by atoms with van der Waals surface area (Å²) in [5.41, 5.74) is 0. The van der Waals surface area contributed by atoms with Gasteiger partial charge in [0.05, 0.1) is 6.54 Å². The molecule has 80 valence electrons. The fraction of sp³-hybridized carbons (Fsp3) is 0.818. The van der Waals surface area contributed by atoms with Gasteiger partial charge in [0.15, 0.2) is 0 Å². The Labute approximate surface area is 91.8 Å². The molecule has 0 spiro atoms. The number of nitrogens with zero attached hydrogens (tertiary/aromatic N) is 1. The van der Waals surface area contributed by atoms with Crippen LogP contribution in [0.3, 0.4) is 0 Å². The third-order valence-corrected chi connectivity index (χ3v) is 3.25. The number of terminal acetylenes is 1. The Bertz CT molecular complexity index is 180. The SMILES string of the molecule is C#CCN1CCC(NCCSC)CC1. The van der Waals surface area contributed by atoms with Crippen LogP contribution in [0.4, 0.5) is 0 Å². The molecule has 0 bridgehead atoms. The van der Waals surface area contributed by atoms with Crippen molar-refractivity contribution < 1.29 is 0 Å². The molecule has 0 radical (unpaired) electrons. The summed E-state index contributed by atoms with van der Waals surface area (Å²) < 4.78 is 0. The number of rotatable bonds is 5. The molecule has 0 amide bonds. The van der Waals surface area contributed by atoms with Crippen LogP contribution in [0.15, 0.2) is 0 Å². The number of piperidine rings is 1. The average molecular weight is 212 g/mol. The number of likely N-dealkylation sites (tertiary alicyclic amines) is 1. The minimum Gasteiger partial charge on any atom is -0.313 e. The van der Waals surface area contributed by atoms with Crippen LogP contribution in [0, 0.1) is 12.3 Å². The molecule has 1 aliphatic heterocycles. The summed E-state index contributed by atoms with van der Waals surface area (Å²) in [6.45, 7) is 4.26. The highest BCUT2D eigenvalue weighted by molar-refractivity contribution is 7.98. The first-order chi connectivity index (χ1) is 6.86. The van der Waals surface area contributed by atoms with E-state index < -0.39 is 0 Å². The van der Waals surface area contributed by atoms with Crippen LogP contribution < -0.4 is 5.32 Å². The van der Waals surface area contributed by atoms with Crippen LogP contribution in [0.25, 0.3) is 0 Å². The predicted octanol–water partition coefficient (Wildman–Crippen LogP) is 1.04. The zero-order chi connectivity index (χ0) is 10.2. The smallest absolute Gasteiger partial charge is 0.0598 e. The second kappa shape index (κ2) is 7.17. The van der Waals surface area contributed by atoms with Gasteiger partial charge in [0.1, 0.15) is 0 Å². The van der Waals surface area contributed by atoms with E-state index in [-0.39, 0.29) is 0 Å².